The van der Waals surface area contributed by atoms with E-state index >= 15 is 0 Å². The third kappa shape index (κ3) is 7.32. The third-order valence-electron chi connectivity index (χ3n) is 8.02. The van der Waals surface area contributed by atoms with Gasteiger partial charge in [0.1, 0.15) is 16.4 Å². The smallest absolute Gasteiger partial charge is 0.241 e. The minimum atomic E-state index is -1.84. The van der Waals surface area contributed by atoms with E-state index in [0.717, 1.165) is 42.7 Å². The van der Waals surface area contributed by atoms with E-state index in [1.54, 1.807) is 19.5 Å². The summed E-state index contributed by atoms with van der Waals surface area (Å²) in [5, 5.41) is 0.501. The molecule has 8 nitrogen and oxygen atoms in total. The standard InChI is InChI=1S/C29H41ClN4O4Si/c1-29(2,3)39(5,6)38-16-14-34-20-31-24-18-25(30)32-28(27(24)34)37-15-12-22-17-26(35)33(19-22)13-11-21-7-9-23(36-4)10-8-21/h7-10,18,20,22H,11-17,19H2,1-6H3/t22-/m1/s1. The van der Waals surface area contributed by atoms with Gasteiger partial charge in [0.05, 0.1) is 32.2 Å². The Kier molecular flexibility index (Phi) is 9.24. The van der Waals surface area contributed by atoms with Gasteiger partial charge in [-0.25, -0.2) is 4.98 Å². The van der Waals surface area contributed by atoms with Crippen LogP contribution >= 0.6 is 11.6 Å². The molecule has 0 unspecified atom stereocenters. The highest BCUT2D eigenvalue weighted by Crippen LogP contribution is 2.36. The molecular weight excluding hydrogens is 532 g/mol. The summed E-state index contributed by atoms with van der Waals surface area (Å²) in [7, 11) is -0.184. The second-order valence-electron chi connectivity index (χ2n) is 11.8. The number of imidazole rings is 1. The average Bonchev–Trinajstić information content (AvgIpc) is 3.44. The number of halogens is 1. The number of nitrogens with zero attached hydrogens (tertiary/aromatic N) is 4. The number of hydrogen-bond donors (Lipinski definition) is 0. The molecule has 3 heterocycles. The number of pyridine rings is 1. The summed E-state index contributed by atoms with van der Waals surface area (Å²) in [6, 6.07) is 9.76. The molecule has 1 saturated heterocycles. The van der Waals surface area contributed by atoms with Crippen LogP contribution in [0, 0.1) is 5.92 Å². The van der Waals surface area contributed by atoms with Crippen molar-refractivity contribution < 1.29 is 18.7 Å². The predicted molar refractivity (Wildman–Crippen MR) is 157 cm³/mol. The van der Waals surface area contributed by atoms with E-state index in [2.05, 4.69) is 43.8 Å². The van der Waals surface area contributed by atoms with Crippen LogP contribution in [0.2, 0.25) is 23.3 Å². The molecule has 3 aromatic rings. The van der Waals surface area contributed by atoms with Gasteiger partial charge < -0.3 is 23.4 Å². The van der Waals surface area contributed by atoms with Crippen LogP contribution in [0.15, 0.2) is 36.7 Å². The van der Waals surface area contributed by atoms with E-state index in [9.17, 15) is 4.79 Å². The van der Waals surface area contributed by atoms with Crippen LogP contribution in [-0.4, -0.2) is 67.1 Å². The molecule has 0 saturated carbocycles. The fraction of sp³-hybridized carbons (Fsp3) is 0.552. The van der Waals surface area contributed by atoms with Crippen LogP contribution in [0.4, 0.5) is 0 Å². The van der Waals surface area contributed by atoms with Gasteiger partial charge in [-0.3, -0.25) is 4.79 Å². The van der Waals surface area contributed by atoms with Gasteiger partial charge in [0.2, 0.25) is 11.8 Å². The predicted octanol–water partition coefficient (Wildman–Crippen LogP) is 5.98. The van der Waals surface area contributed by atoms with E-state index in [-0.39, 0.29) is 16.9 Å². The minimum absolute atomic E-state index is 0.153. The number of aromatic nitrogens is 3. The van der Waals surface area contributed by atoms with Crippen molar-refractivity contribution in [3.63, 3.8) is 0 Å². The van der Waals surface area contributed by atoms with Crippen molar-refractivity contribution in [1.29, 1.82) is 0 Å². The largest absolute Gasteiger partial charge is 0.497 e. The normalized spacial score (nSPS) is 16.3. The molecule has 212 valence electrons. The van der Waals surface area contributed by atoms with Crippen LogP contribution in [-0.2, 0) is 22.2 Å². The molecule has 1 aliphatic heterocycles. The van der Waals surface area contributed by atoms with Gasteiger partial charge in [0, 0.05) is 32.1 Å². The van der Waals surface area contributed by atoms with Gasteiger partial charge in [-0.2, -0.15) is 4.98 Å². The van der Waals surface area contributed by atoms with Crippen molar-refractivity contribution in [2.75, 3.05) is 33.4 Å². The number of ether oxygens (including phenoxy) is 2. The Labute approximate surface area is 237 Å². The molecule has 39 heavy (non-hydrogen) atoms. The Hall–Kier alpha value is -2.62. The number of likely N-dealkylation sites (tertiary alicyclic amines) is 1. The first-order chi connectivity index (χ1) is 18.5. The summed E-state index contributed by atoms with van der Waals surface area (Å²) in [5.74, 6) is 1.77. The van der Waals surface area contributed by atoms with Gasteiger partial charge in [-0.1, -0.05) is 44.5 Å². The van der Waals surface area contributed by atoms with E-state index < -0.39 is 8.32 Å². The zero-order chi connectivity index (χ0) is 28.2. The molecule has 0 bridgehead atoms. The van der Waals surface area contributed by atoms with Crippen LogP contribution in [0.5, 0.6) is 11.6 Å². The van der Waals surface area contributed by atoms with Crippen LogP contribution in [0.25, 0.3) is 11.0 Å². The van der Waals surface area contributed by atoms with Crippen LogP contribution in [0.1, 0.15) is 39.2 Å². The van der Waals surface area contributed by atoms with Crippen molar-refractivity contribution in [3.8, 4) is 11.6 Å². The highest BCUT2D eigenvalue weighted by molar-refractivity contribution is 6.74. The highest BCUT2D eigenvalue weighted by atomic mass is 35.5. The van der Waals surface area contributed by atoms with E-state index in [1.807, 2.05) is 33.7 Å². The van der Waals surface area contributed by atoms with Crippen LogP contribution in [0.3, 0.4) is 0 Å². The van der Waals surface area contributed by atoms with E-state index in [0.29, 0.717) is 37.2 Å². The lowest BCUT2D eigenvalue weighted by Gasteiger charge is -2.36. The van der Waals surface area contributed by atoms with Gasteiger partial charge >= 0.3 is 0 Å². The van der Waals surface area contributed by atoms with Gasteiger partial charge in [-0.15, -0.1) is 0 Å². The Morgan fingerprint density at radius 3 is 2.56 bits per heavy atom. The van der Waals surface area contributed by atoms with Crippen molar-refractivity contribution in [2.24, 2.45) is 5.92 Å². The monoisotopic (exact) mass is 572 g/mol. The summed E-state index contributed by atoms with van der Waals surface area (Å²) < 4.78 is 19.8. The average molecular weight is 573 g/mol. The first-order valence-electron chi connectivity index (χ1n) is 13.7. The topological polar surface area (TPSA) is 78.7 Å². The fourth-order valence-electron chi connectivity index (χ4n) is 4.56. The first kappa shape index (κ1) is 29.4. The summed E-state index contributed by atoms with van der Waals surface area (Å²) in [6.45, 7) is 14.4. The fourth-order valence-corrected chi connectivity index (χ4v) is 5.77. The third-order valence-corrected chi connectivity index (χ3v) is 12.8. The zero-order valence-electron chi connectivity index (χ0n) is 24.0. The second-order valence-corrected chi connectivity index (χ2v) is 17.0. The lowest BCUT2D eigenvalue weighted by molar-refractivity contribution is -0.127. The lowest BCUT2D eigenvalue weighted by Crippen LogP contribution is -2.41. The Morgan fingerprint density at radius 2 is 1.87 bits per heavy atom. The molecule has 4 rings (SSSR count). The number of benzene rings is 1. The molecule has 2 aromatic heterocycles. The van der Waals surface area contributed by atoms with Crippen LogP contribution < -0.4 is 9.47 Å². The van der Waals surface area contributed by atoms with Crippen molar-refractivity contribution in [2.45, 2.75) is 64.7 Å². The number of rotatable bonds is 12. The molecular formula is C29H41ClN4O4Si. The van der Waals surface area contributed by atoms with E-state index in [1.165, 1.54) is 5.56 Å². The molecule has 1 fully saturated rings. The van der Waals surface area contributed by atoms with Crippen molar-refractivity contribution in [3.05, 3.63) is 47.4 Å². The first-order valence-corrected chi connectivity index (χ1v) is 16.9. The number of amides is 1. The molecule has 0 aliphatic carbocycles. The van der Waals surface area contributed by atoms with Crippen molar-refractivity contribution >= 4 is 36.9 Å². The highest BCUT2D eigenvalue weighted by Gasteiger charge is 2.37. The number of methoxy groups -OCH3 is 1. The summed E-state index contributed by atoms with van der Waals surface area (Å²) in [6.07, 6.45) is 3.93. The summed E-state index contributed by atoms with van der Waals surface area (Å²) in [4.78, 5) is 23.6. The molecule has 1 atom stereocenters. The van der Waals surface area contributed by atoms with E-state index in [4.69, 9.17) is 25.5 Å². The Balaban J connectivity index is 1.31. The quantitative estimate of drug-likeness (QED) is 0.196. The number of carbonyl (C=O) groups is 1. The lowest BCUT2D eigenvalue weighted by atomic mass is 10.1. The SMILES string of the molecule is COc1ccc(CCN2C[C@H](CCOc3nc(Cl)cc4ncn(CCO[Si](C)(C)C(C)(C)C)c34)CC2=O)cc1. The number of hydrogen-bond acceptors (Lipinski definition) is 6. The molecule has 1 aliphatic rings. The summed E-state index contributed by atoms with van der Waals surface area (Å²) in [5.41, 5.74) is 2.76. The molecule has 0 radical (unpaired) electrons. The van der Waals surface area contributed by atoms with Gasteiger partial charge in [0.15, 0.2) is 8.32 Å². The maximum atomic E-state index is 12.6. The van der Waals surface area contributed by atoms with Crippen molar-refractivity contribution in [1.82, 2.24) is 19.4 Å². The number of fused-ring (bicyclic) bond motifs is 1. The molecule has 0 spiro atoms. The van der Waals surface area contributed by atoms with Gasteiger partial charge in [0.25, 0.3) is 0 Å². The summed E-state index contributed by atoms with van der Waals surface area (Å²) >= 11 is 6.28. The molecule has 1 amide bonds. The molecule has 10 heteroatoms. The maximum Gasteiger partial charge on any atom is 0.241 e. The zero-order valence-corrected chi connectivity index (χ0v) is 25.8. The molecule has 0 N–H and O–H groups in total. The minimum Gasteiger partial charge on any atom is -0.497 e. The van der Waals surface area contributed by atoms with Gasteiger partial charge in [-0.05, 0) is 54.6 Å². The number of carbonyl (C=O) groups excluding carboxylic acids is 1. The second kappa shape index (κ2) is 12.3. The molecule has 1 aromatic carbocycles. The Morgan fingerprint density at radius 1 is 1.13 bits per heavy atom. The Bertz CT molecular complexity index is 1270. The maximum absolute atomic E-state index is 12.6.